The van der Waals surface area contributed by atoms with Crippen molar-refractivity contribution in [3.05, 3.63) is 63.0 Å². The van der Waals surface area contributed by atoms with Crippen molar-refractivity contribution in [2.24, 2.45) is 0 Å². The van der Waals surface area contributed by atoms with Gasteiger partial charge in [-0.15, -0.1) is 0 Å². The number of hydrogen-bond donors (Lipinski definition) is 1. The van der Waals surface area contributed by atoms with Gasteiger partial charge in [-0.3, -0.25) is 10.1 Å². The summed E-state index contributed by atoms with van der Waals surface area (Å²) in [6.07, 6.45) is 1.74. The second-order valence-corrected chi connectivity index (χ2v) is 8.00. The second kappa shape index (κ2) is 8.40. The maximum atomic E-state index is 12.1. The number of hydrogen-bond acceptors (Lipinski definition) is 5. The first-order valence-electron chi connectivity index (χ1n) is 9.39. The standard InChI is InChI=1S/C21H21IN4O3/c1-3-28-18-9-15(17-10-19(27)25-21-23-12-24-26(17)21)8-16(22)20(18)29-11-14-6-4-13(2)5-7-14/h4-9,12,17H,3,10-11H2,1-2H3,(H,23,24,25,27)/t17-/m1/s1. The Balaban J connectivity index is 1.65. The van der Waals surface area contributed by atoms with Crippen LogP contribution in [0.5, 0.6) is 11.5 Å². The van der Waals surface area contributed by atoms with Crippen LogP contribution in [0.2, 0.25) is 0 Å². The highest BCUT2D eigenvalue weighted by atomic mass is 127. The number of nitrogens with one attached hydrogen (secondary N) is 1. The molecule has 0 saturated heterocycles. The van der Waals surface area contributed by atoms with Gasteiger partial charge in [0.15, 0.2) is 11.5 Å². The van der Waals surface area contributed by atoms with Crippen molar-refractivity contribution in [3.63, 3.8) is 0 Å². The van der Waals surface area contributed by atoms with E-state index in [1.165, 1.54) is 11.9 Å². The van der Waals surface area contributed by atoms with Crippen molar-refractivity contribution in [2.75, 3.05) is 11.9 Å². The Hall–Kier alpha value is -2.62. The molecule has 1 amide bonds. The number of aryl methyl sites for hydroxylation is 1. The van der Waals surface area contributed by atoms with Crippen LogP contribution in [0, 0.1) is 10.5 Å². The Bertz CT molecular complexity index is 1030. The van der Waals surface area contributed by atoms with Crippen LogP contribution in [0.3, 0.4) is 0 Å². The normalized spacial score (nSPS) is 15.6. The van der Waals surface area contributed by atoms with Gasteiger partial charge in [-0.05, 0) is 59.7 Å². The van der Waals surface area contributed by atoms with E-state index in [0.29, 0.717) is 37.1 Å². The molecule has 0 bridgehead atoms. The molecule has 1 atom stereocenters. The highest BCUT2D eigenvalue weighted by Crippen LogP contribution is 2.39. The fraction of sp³-hybridized carbons (Fsp3) is 0.286. The molecule has 0 saturated carbocycles. The van der Waals surface area contributed by atoms with Gasteiger partial charge < -0.3 is 9.47 Å². The average Bonchev–Trinajstić information content (AvgIpc) is 3.16. The summed E-state index contributed by atoms with van der Waals surface area (Å²) in [5.41, 5.74) is 3.24. The molecule has 2 heterocycles. The maximum absolute atomic E-state index is 12.1. The van der Waals surface area contributed by atoms with Gasteiger partial charge in [0.25, 0.3) is 0 Å². The number of halogens is 1. The lowest BCUT2D eigenvalue weighted by molar-refractivity contribution is -0.117. The van der Waals surface area contributed by atoms with E-state index in [1.807, 2.05) is 19.1 Å². The summed E-state index contributed by atoms with van der Waals surface area (Å²) in [7, 11) is 0. The number of nitrogens with zero attached hydrogens (tertiary/aromatic N) is 3. The number of ether oxygens (including phenoxy) is 2. The quantitative estimate of drug-likeness (QED) is 0.512. The molecule has 0 aliphatic carbocycles. The van der Waals surface area contributed by atoms with Gasteiger partial charge in [-0.25, -0.2) is 4.68 Å². The van der Waals surface area contributed by atoms with Crippen LogP contribution in [0.4, 0.5) is 5.95 Å². The van der Waals surface area contributed by atoms with E-state index in [4.69, 9.17) is 9.47 Å². The van der Waals surface area contributed by atoms with Gasteiger partial charge in [0.1, 0.15) is 12.9 Å². The largest absolute Gasteiger partial charge is 0.490 e. The molecular formula is C21H21IN4O3. The fourth-order valence-electron chi connectivity index (χ4n) is 3.29. The molecule has 0 unspecified atom stereocenters. The summed E-state index contributed by atoms with van der Waals surface area (Å²) in [5, 5.41) is 7.02. The van der Waals surface area contributed by atoms with Crippen molar-refractivity contribution in [3.8, 4) is 11.5 Å². The van der Waals surface area contributed by atoms with Crippen molar-refractivity contribution in [1.82, 2.24) is 14.8 Å². The monoisotopic (exact) mass is 504 g/mol. The van der Waals surface area contributed by atoms with Crippen molar-refractivity contribution in [1.29, 1.82) is 0 Å². The Kier molecular flexibility index (Phi) is 5.70. The molecule has 0 fully saturated rings. The third-order valence-electron chi connectivity index (χ3n) is 4.72. The summed E-state index contributed by atoms with van der Waals surface area (Å²) < 4.78 is 14.6. The Morgan fingerprint density at radius 2 is 2.03 bits per heavy atom. The smallest absolute Gasteiger partial charge is 0.229 e. The van der Waals surface area contributed by atoms with Gasteiger partial charge in [0.05, 0.1) is 22.6 Å². The minimum atomic E-state index is -0.236. The number of anilines is 1. The molecular weight excluding hydrogens is 483 g/mol. The molecule has 7 nitrogen and oxygen atoms in total. The highest BCUT2D eigenvalue weighted by molar-refractivity contribution is 14.1. The average molecular weight is 504 g/mol. The Morgan fingerprint density at radius 1 is 1.24 bits per heavy atom. The fourth-order valence-corrected chi connectivity index (χ4v) is 4.07. The van der Waals surface area contributed by atoms with E-state index in [9.17, 15) is 4.79 Å². The van der Waals surface area contributed by atoms with Crippen LogP contribution in [0.25, 0.3) is 0 Å². The first-order chi connectivity index (χ1) is 14.0. The highest BCUT2D eigenvalue weighted by Gasteiger charge is 2.29. The summed E-state index contributed by atoms with van der Waals surface area (Å²) in [6.45, 7) is 4.97. The van der Waals surface area contributed by atoms with E-state index >= 15 is 0 Å². The number of carbonyl (C=O) groups is 1. The summed E-state index contributed by atoms with van der Waals surface area (Å²) in [5.74, 6) is 1.74. The molecule has 4 rings (SSSR count). The maximum Gasteiger partial charge on any atom is 0.229 e. The zero-order chi connectivity index (χ0) is 20.4. The molecule has 2 aromatic carbocycles. The van der Waals surface area contributed by atoms with Crippen LogP contribution >= 0.6 is 22.6 Å². The summed E-state index contributed by atoms with van der Waals surface area (Å²) >= 11 is 2.25. The van der Waals surface area contributed by atoms with Gasteiger partial charge >= 0.3 is 0 Å². The number of rotatable bonds is 6. The Labute approximate surface area is 182 Å². The van der Waals surface area contributed by atoms with E-state index in [2.05, 4.69) is 69.2 Å². The molecule has 1 aliphatic heterocycles. The number of carbonyl (C=O) groups excluding carboxylic acids is 1. The molecule has 1 aliphatic rings. The molecule has 1 N–H and O–H groups in total. The summed E-state index contributed by atoms with van der Waals surface area (Å²) in [4.78, 5) is 16.2. The number of benzene rings is 2. The van der Waals surface area contributed by atoms with Crippen LogP contribution in [-0.2, 0) is 11.4 Å². The molecule has 3 aromatic rings. The Morgan fingerprint density at radius 3 is 2.79 bits per heavy atom. The van der Waals surface area contributed by atoms with Crippen LogP contribution < -0.4 is 14.8 Å². The number of aromatic nitrogens is 3. The molecule has 0 spiro atoms. The van der Waals surface area contributed by atoms with Crippen LogP contribution in [-0.4, -0.2) is 27.3 Å². The molecule has 1 aromatic heterocycles. The predicted molar refractivity (Wildman–Crippen MR) is 117 cm³/mol. The molecule has 150 valence electrons. The minimum Gasteiger partial charge on any atom is -0.490 e. The van der Waals surface area contributed by atoms with Gasteiger partial charge in [0.2, 0.25) is 11.9 Å². The third-order valence-corrected chi connectivity index (χ3v) is 5.52. The van der Waals surface area contributed by atoms with Gasteiger partial charge in [-0.2, -0.15) is 10.1 Å². The van der Waals surface area contributed by atoms with Crippen LogP contribution in [0.15, 0.2) is 42.7 Å². The molecule has 29 heavy (non-hydrogen) atoms. The van der Waals surface area contributed by atoms with Crippen molar-refractivity contribution in [2.45, 2.75) is 32.9 Å². The molecule has 0 radical (unpaired) electrons. The lowest BCUT2D eigenvalue weighted by Gasteiger charge is -2.25. The summed E-state index contributed by atoms with van der Waals surface area (Å²) in [6, 6.07) is 12.0. The SMILES string of the molecule is CCOc1cc([C@H]2CC(=O)Nc3ncnn32)cc(I)c1OCc1ccc(C)cc1. The number of fused-ring (bicyclic) bond motifs is 1. The van der Waals surface area contributed by atoms with Crippen molar-refractivity contribution >= 4 is 34.4 Å². The second-order valence-electron chi connectivity index (χ2n) is 6.83. The van der Waals surface area contributed by atoms with E-state index in [0.717, 1.165) is 14.7 Å². The van der Waals surface area contributed by atoms with E-state index in [1.54, 1.807) is 4.68 Å². The first-order valence-corrected chi connectivity index (χ1v) is 10.5. The van der Waals surface area contributed by atoms with Gasteiger partial charge in [0, 0.05) is 0 Å². The van der Waals surface area contributed by atoms with E-state index in [-0.39, 0.29) is 11.9 Å². The zero-order valence-electron chi connectivity index (χ0n) is 16.2. The van der Waals surface area contributed by atoms with Gasteiger partial charge in [-0.1, -0.05) is 29.8 Å². The first kappa shape index (κ1) is 19.7. The lowest BCUT2D eigenvalue weighted by Crippen LogP contribution is -2.29. The minimum absolute atomic E-state index is 0.0804. The zero-order valence-corrected chi connectivity index (χ0v) is 18.3. The van der Waals surface area contributed by atoms with Crippen LogP contribution in [0.1, 0.15) is 36.1 Å². The third kappa shape index (κ3) is 4.21. The molecule has 8 heteroatoms. The number of amides is 1. The predicted octanol–water partition coefficient (Wildman–Crippen LogP) is 4.10. The van der Waals surface area contributed by atoms with E-state index < -0.39 is 0 Å². The lowest BCUT2D eigenvalue weighted by atomic mass is 10.0. The topological polar surface area (TPSA) is 78.3 Å². The van der Waals surface area contributed by atoms with Crippen molar-refractivity contribution < 1.29 is 14.3 Å².